The van der Waals surface area contributed by atoms with Gasteiger partial charge in [0.2, 0.25) is 5.91 Å². The topological polar surface area (TPSA) is 41.6 Å². The fraction of sp³-hybridized carbons (Fsp3) is 0.350. The highest BCUT2D eigenvalue weighted by atomic mass is 19.2. The molecule has 0 aliphatic carbocycles. The van der Waals surface area contributed by atoms with E-state index in [1.165, 1.54) is 6.07 Å². The first-order valence-electron chi connectivity index (χ1n) is 8.62. The van der Waals surface area contributed by atoms with Crippen molar-refractivity contribution in [3.8, 4) is 0 Å². The molecule has 0 radical (unpaired) electrons. The maximum atomic E-state index is 13.3. The molecule has 26 heavy (non-hydrogen) atoms. The molecule has 1 saturated heterocycles. The highest BCUT2D eigenvalue weighted by Crippen LogP contribution is 2.28. The molecule has 0 aromatic heterocycles. The maximum Gasteiger partial charge on any atom is 0.228 e. The number of anilines is 2. The molecule has 1 heterocycles. The van der Waals surface area contributed by atoms with Crippen LogP contribution in [-0.4, -0.2) is 32.2 Å². The van der Waals surface area contributed by atoms with Crippen molar-refractivity contribution in [1.82, 2.24) is 0 Å². The molecule has 1 fully saturated rings. The summed E-state index contributed by atoms with van der Waals surface area (Å²) in [6.07, 6.45) is -0.0126. The molecular weight excluding hydrogens is 338 g/mol. The second kappa shape index (κ2) is 7.83. The SMILES string of the molecule is Cc1cc(N2CCOCC2)cc(C)c1NC(=O)Cc1ccc(F)c(F)c1. The Morgan fingerprint density at radius 2 is 1.73 bits per heavy atom. The number of carbonyl (C=O) groups excluding carboxylic acids is 1. The number of nitrogens with one attached hydrogen (secondary N) is 1. The zero-order valence-corrected chi connectivity index (χ0v) is 14.9. The summed E-state index contributed by atoms with van der Waals surface area (Å²) in [7, 11) is 0. The van der Waals surface area contributed by atoms with E-state index in [1.807, 2.05) is 26.0 Å². The molecule has 0 saturated carbocycles. The predicted molar refractivity (Wildman–Crippen MR) is 97.6 cm³/mol. The van der Waals surface area contributed by atoms with Crippen molar-refractivity contribution in [2.75, 3.05) is 36.5 Å². The number of amides is 1. The Bertz CT molecular complexity index is 794. The largest absolute Gasteiger partial charge is 0.378 e. The summed E-state index contributed by atoms with van der Waals surface area (Å²) >= 11 is 0. The fourth-order valence-electron chi connectivity index (χ4n) is 3.16. The van der Waals surface area contributed by atoms with E-state index in [9.17, 15) is 13.6 Å². The minimum Gasteiger partial charge on any atom is -0.378 e. The van der Waals surface area contributed by atoms with Gasteiger partial charge in [0.25, 0.3) is 0 Å². The summed E-state index contributed by atoms with van der Waals surface area (Å²) in [4.78, 5) is 14.6. The van der Waals surface area contributed by atoms with Gasteiger partial charge in [0.15, 0.2) is 11.6 Å². The van der Waals surface area contributed by atoms with Crippen LogP contribution in [0.4, 0.5) is 20.2 Å². The average molecular weight is 360 g/mol. The third kappa shape index (κ3) is 4.19. The summed E-state index contributed by atoms with van der Waals surface area (Å²) in [5.74, 6) is -2.13. The fourth-order valence-corrected chi connectivity index (χ4v) is 3.16. The summed E-state index contributed by atoms with van der Waals surface area (Å²) in [6.45, 7) is 7.02. The number of halogens is 2. The van der Waals surface area contributed by atoms with Crippen LogP contribution in [-0.2, 0) is 16.0 Å². The maximum absolute atomic E-state index is 13.3. The minimum atomic E-state index is -0.947. The van der Waals surface area contributed by atoms with Gasteiger partial charge < -0.3 is 15.0 Å². The number of rotatable bonds is 4. The Morgan fingerprint density at radius 1 is 1.08 bits per heavy atom. The van der Waals surface area contributed by atoms with Gasteiger partial charge in [0.05, 0.1) is 19.6 Å². The van der Waals surface area contributed by atoms with Crippen molar-refractivity contribution >= 4 is 17.3 Å². The van der Waals surface area contributed by atoms with Crippen LogP contribution in [0.2, 0.25) is 0 Å². The molecule has 2 aromatic carbocycles. The Labute approximate surface area is 151 Å². The highest BCUT2D eigenvalue weighted by molar-refractivity contribution is 5.94. The van der Waals surface area contributed by atoms with Crippen LogP contribution >= 0.6 is 0 Å². The zero-order valence-electron chi connectivity index (χ0n) is 14.9. The second-order valence-electron chi connectivity index (χ2n) is 6.53. The van der Waals surface area contributed by atoms with Gasteiger partial charge >= 0.3 is 0 Å². The molecule has 1 aliphatic rings. The molecule has 0 bridgehead atoms. The number of aryl methyl sites for hydroxylation is 2. The molecule has 3 rings (SSSR count). The molecule has 4 nitrogen and oxygen atoms in total. The minimum absolute atomic E-state index is 0.0126. The van der Waals surface area contributed by atoms with Crippen LogP contribution in [0.3, 0.4) is 0 Å². The molecule has 0 spiro atoms. The molecule has 0 unspecified atom stereocenters. The van der Waals surface area contributed by atoms with Gasteiger partial charge in [-0.2, -0.15) is 0 Å². The van der Waals surface area contributed by atoms with Crippen LogP contribution in [0, 0.1) is 25.5 Å². The van der Waals surface area contributed by atoms with E-state index in [0.717, 1.165) is 47.7 Å². The molecule has 1 aliphatic heterocycles. The molecular formula is C20H22F2N2O2. The number of carbonyl (C=O) groups is 1. The first-order valence-corrected chi connectivity index (χ1v) is 8.62. The van der Waals surface area contributed by atoms with Crippen molar-refractivity contribution in [3.05, 3.63) is 58.7 Å². The molecule has 2 aromatic rings. The van der Waals surface area contributed by atoms with Crippen LogP contribution in [0.15, 0.2) is 30.3 Å². The van der Waals surface area contributed by atoms with E-state index >= 15 is 0 Å². The number of morpholine rings is 1. The first kappa shape index (κ1) is 18.3. The monoisotopic (exact) mass is 360 g/mol. The number of hydrogen-bond donors (Lipinski definition) is 1. The first-order chi connectivity index (χ1) is 12.4. The lowest BCUT2D eigenvalue weighted by Gasteiger charge is -2.30. The lowest BCUT2D eigenvalue weighted by atomic mass is 10.1. The van der Waals surface area contributed by atoms with E-state index < -0.39 is 11.6 Å². The van der Waals surface area contributed by atoms with E-state index in [0.29, 0.717) is 18.8 Å². The van der Waals surface area contributed by atoms with E-state index in [4.69, 9.17) is 4.74 Å². The third-order valence-electron chi connectivity index (χ3n) is 4.51. The number of nitrogens with zero attached hydrogens (tertiary/aromatic N) is 1. The van der Waals surface area contributed by atoms with Crippen LogP contribution in [0.5, 0.6) is 0 Å². The van der Waals surface area contributed by atoms with Crippen molar-refractivity contribution < 1.29 is 18.3 Å². The van der Waals surface area contributed by atoms with Gasteiger partial charge in [-0.05, 0) is 54.8 Å². The standard InChI is InChI=1S/C20H22F2N2O2/c1-13-9-16(24-5-7-26-8-6-24)10-14(2)20(13)23-19(25)12-15-3-4-17(21)18(22)11-15/h3-4,9-11H,5-8,12H2,1-2H3,(H,23,25). The summed E-state index contributed by atoms with van der Waals surface area (Å²) < 4.78 is 31.7. The Kier molecular flexibility index (Phi) is 5.52. The molecule has 138 valence electrons. The number of ether oxygens (including phenoxy) is 1. The van der Waals surface area contributed by atoms with Gasteiger partial charge in [-0.1, -0.05) is 6.07 Å². The summed E-state index contributed by atoms with van der Waals surface area (Å²) in [6, 6.07) is 7.60. The highest BCUT2D eigenvalue weighted by Gasteiger charge is 2.15. The van der Waals surface area contributed by atoms with Gasteiger partial charge in [0, 0.05) is 24.5 Å². The molecule has 6 heteroatoms. The average Bonchev–Trinajstić information content (AvgIpc) is 2.62. The number of hydrogen-bond acceptors (Lipinski definition) is 3. The van der Waals surface area contributed by atoms with Gasteiger partial charge in [-0.25, -0.2) is 8.78 Å². The smallest absolute Gasteiger partial charge is 0.228 e. The normalized spacial score (nSPS) is 14.4. The third-order valence-corrected chi connectivity index (χ3v) is 4.51. The van der Waals surface area contributed by atoms with Gasteiger partial charge in [-0.3, -0.25) is 4.79 Å². The van der Waals surface area contributed by atoms with Crippen LogP contribution in [0.25, 0.3) is 0 Å². The van der Waals surface area contributed by atoms with E-state index in [2.05, 4.69) is 10.2 Å². The van der Waals surface area contributed by atoms with E-state index in [1.54, 1.807) is 0 Å². The Balaban J connectivity index is 1.72. The summed E-state index contributed by atoms with van der Waals surface area (Å²) in [5.41, 5.74) is 4.23. The van der Waals surface area contributed by atoms with Crippen molar-refractivity contribution in [2.24, 2.45) is 0 Å². The molecule has 1 amide bonds. The predicted octanol–water partition coefficient (Wildman–Crippen LogP) is 3.60. The van der Waals surface area contributed by atoms with Crippen molar-refractivity contribution in [1.29, 1.82) is 0 Å². The summed E-state index contributed by atoms with van der Waals surface area (Å²) in [5, 5.41) is 2.89. The van der Waals surface area contributed by atoms with Crippen LogP contribution in [0.1, 0.15) is 16.7 Å². The van der Waals surface area contributed by atoms with Crippen LogP contribution < -0.4 is 10.2 Å². The Morgan fingerprint density at radius 3 is 2.35 bits per heavy atom. The van der Waals surface area contributed by atoms with Crippen molar-refractivity contribution in [3.63, 3.8) is 0 Å². The lowest BCUT2D eigenvalue weighted by molar-refractivity contribution is -0.115. The quantitative estimate of drug-likeness (QED) is 0.906. The van der Waals surface area contributed by atoms with Gasteiger partial charge in [0.1, 0.15) is 0 Å². The van der Waals surface area contributed by atoms with Crippen molar-refractivity contribution in [2.45, 2.75) is 20.3 Å². The number of benzene rings is 2. The van der Waals surface area contributed by atoms with Gasteiger partial charge in [-0.15, -0.1) is 0 Å². The van der Waals surface area contributed by atoms with E-state index in [-0.39, 0.29) is 12.3 Å². The zero-order chi connectivity index (χ0) is 18.7. The molecule has 1 N–H and O–H groups in total. The second-order valence-corrected chi connectivity index (χ2v) is 6.53. The Hall–Kier alpha value is -2.47. The lowest BCUT2D eigenvalue weighted by Crippen LogP contribution is -2.36. The molecule has 0 atom stereocenters.